The predicted octanol–water partition coefficient (Wildman–Crippen LogP) is 2.91. The zero-order chi connectivity index (χ0) is 20.2. The minimum atomic E-state index is -0.332. The van der Waals surface area contributed by atoms with Crippen molar-refractivity contribution in [2.45, 2.75) is 0 Å². The van der Waals surface area contributed by atoms with Crippen LogP contribution in [0, 0.1) is 11.8 Å². The van der Waals surface area contributed by atoms with Gasteiger partial charge in [-0.2, -0.15) is 0 Å². The number of hydrogen-bond donors (Lipinski definition) is 2. The summed E-state index contributed by atoms with van der Waals surface area (Å²) in [4.78, 5) is 28.5. The standard InChI is InChI=1S/C22H19N3O4/c1-28-18-9-6-16-13-20(24-19(16)14-18)21(26)23-10-2-3-15-4-7-17(8-5-15)25-11-12-29-22(25)27/h4-9,13-14,24H,10-12H2,1H3,(H,23,26). The molecule has 2 amide bonds. The molecule has 0 aliphatic carbocycles. The Kier molecular flexibility index (Phi) is 5.08. The molecular formula is C22H19N3O4. The van der Waals surface area contributed by atoms with E-state index in [0.29, 0.717) is 18.8 Å². The Morgan fingerprint density at radius 1 is 1.24 bits per heavy atom. The fourth-order valence-corrected chi connectivity index (χ4v) is 3.07. The maximum Gasteiger partial charge on any atom is 0.414 e. The summed E-state index contributed by atoms with van der Waals surface area (Å²) >= 11 is 0. The molecule has 2 N–H and O–H groups in total. The number of ether oxygens (including phenoxy) is 2. The second kappa shape index (κ2) is 7.98. The lowest BCUT2D eigenvalue weighted by atomic mass is 10.2. The fraction of sp³-hybridized carbons (Fsp3) is 0.182. The molecule has 0 atom stereocenters. The van der Waals surface area contributed by atoms with E-state index in [1.807, 2.05) is 42.5 Å². The summed E-state index contributed by atoms with van der Waals surface area (Å²) < 4.78 is 10.1. The molecule has 2 heterocycles. The third-order valence-electron chi connectivity index (χ3n) is 4.58. The van der Waals surface area contributed by atoms with Crippen LogP contribution >= 0.6 is 0 Å². The van der Waals surface area contributed by atoms with Gasteiger partial charge in [-0.05, 0) is 42.5 Å². The summed E-state index contributed by atoms with van der Waals surface area (Å²) in [6.07, 6.45) is -0.332. The largest absolute Gasteiger partial charge is 0.497 e. The van der Waals surface area contributed by atoms with Gasteiger partial charge in [-0.15, -0.1) is 0 Å². The third kappa shape index (κ3) is 4.01. The molecule has 0 radical (unpaired) electrons. The number of amides is 2. The van der Waals surface area contributed by atoms with Gasteiger partial charge in [0, 0.05) is 28.2 Å². The highest BCUT2D eigenvalue weighted by Crippen LogP contribution is 2.21. The zero-order valence-electron chi connectivity index (χ0n) is 15.8. The first-order valence-electron chi connectivity index (χ1n) is 9.12. The molecule has 7 nitrogen and oxygen atoms in total. The van der Waals surface area contributed by atoms with Crippen LogP contribution < -0.4 is 15.0 Å². The van der Waals surface area contributed by atoms with Gasteiger partial charge in [-0.25, -0.2) is 4.79 Å². The number of carbonyl (C=O) groups is 2. The molecule has 0 spiro atoms. The van der Waals surface area contributed by atoms with Gasteiger partial charge in [0.25, 0.3) is 5.91 Å². The number of aromatic amines is 1. The number of cyclic esters (lactones) is 1. The second-order valence-corrected chi connectivity index (χ2v) is 6.43. The molecule has 1 fully saturated rings. The van der Waals surface area contributed by atoms with Crippen LogP contribution in [0.2, 0.25) is 0 Å². The Morgan fingerprint density at radius 3 is 2.79 bits per heavy atom. The fourth-order valence-electron chi connectivity index (χ4n) is 3.07. The lowest BCUT2D eigenvalue weighted by molar-refractivity contribution is 0.0954. The molecule has 1 aliphatic heterocycles. The lowest BCUT2D eigenvalue weighted by Crippen LogP contribution is -2.23. The van der Waals surface area contributed by atoms with Crippen LogP contribution in [0.15, 0.2) is 48.5 Å². The van der Waals surface area contributed by atoms with Crippen molar-refractivity contribution < 1.29 is 19.1 Å². The highest BCUT2D eigenvalue weighted by atomic mass is 16.6. The van der Waals surface area contributed by atoms with Crippen molar-refractivity contribution in [3.05, 3.63) is 59.8 Å². The van der Waals surface area contributed by atoms with Crippen LogP contribution in [0.3, 0.4) is 0 Å². The topological polar surface area (TPSA) is 83.7 Å². The lowest BCUT2D eigenvalue weighted by Gasteiger charge is -2.11. The van der Waals surface area contributed by atoms with Gasteiger partial charge in [0.05, 0.1) is 20.2 Å². The van der Waals surface area contributed by atoms with Crippen molar-refractivity contribution in [2.75, 3.05) is 31.7 Å². The van der Waals surface area contributed by atoms with E-state index < -0.39 is 0 Å². The number of anilines is 1. The zero-order valence-corrected chi connectivity index (χ0v) is 15.8. The molecule has 1 saturated heterocycles. The Balaban J connectivity index is 1.35. The number of hydrogen-bond acceptors (Lipinski definition) is 4. The van der Waals surface area contributed by atoms with E-state index in [0.717, 1.165) is 27.9 Å². The Labute approximate surface area is 167 Å². The Bertz CT molecular complexity index is 1120. The quantitative estimate of drug-likeness (QED) is 0.672. The van der Waals surface area contributed by atoms with Crippen LogP contribution in [0.4, 0.5) is 10.5 Å². The van der Waals surface area contributed by atoms with Crippen molar-refractivity contribution >= 4 is 28.6 Å². The number of H-pyrrole nitrogens is 1. The Morgan fingerprint density at radius 2 is 2.07 bits per heavy atom. The van der Waals surface area contributed by atoms with E-state index in [1.54, 1.807) is 18.1 Å². The molecular weight excluding hydrogens is 370 g/mol. The Hall–Kier alpha value is -3.92. The van der Waals surface area contributed by atoms with E-state index in [4.69, 9.17) is 9.47 Å². The molecule has 146 valence electrons. The van der Waals surface area contributed by atoms with Crippen molar-refractivity contribution in [3.8, 4) is 17.6 Å². The van der Waals surface area contributed by atoms with Crippen molar-refractivity contribution in [2.24, 2.45) is 0 Å². The van der Waals surface area contributed by atoms with Gasteiger partial charge in [0.15, 0.2) is 0 Å². The molecule has 1 aliphatic rings. The molecule has 0 saturated carbocycles. The first-order chi connectivity index (χ1) is 14.1. The summed E-state index contributed by atoms with van der Waals surface area (Å²) in [6, 6.07) is 14.7. The number of nitrogens with one attached hydrogen (secondary N) is 2. The van der Waals surface area contributed by atoms with Crippen molar-refractivity contribution in [1.82, 2.24) is 10.3 Å². The third-order valence-corrected chi connectivity index (χ3v) is 4.58. The average Bonchev–Trinajstić information content (AvgIpc) is 3.37. The monoisotopic (exact) mass is 389 g/mol. The number of rotatable bonds is 4. The molecule has 2 aromatic carbocycles. The van der Waals surface area contributed by atoms with Crippen molar-refractivity contribution in [1.29, 1.82) is 0 Å². The maximum atomic E-state index is 12.3. The molecule has 29 heavy (non-hydrogen) atoms. The van der Waals surface area contributed by atoms with E-state index in [-0.39, 0.29) is 18.5 Å². The van der Waals surface area contributed by atoms with E-state index in [9.17, 15) is 9.59 Å². The SMILES string of the molecule is COc1ccc2cc(C(=O)NCC#Cc3ccc(N4CCOC4=O)cc3)[nH]c2c1. The van der Waals surface area contributed by atoms with E-state index in [2.05, 4.69) is 22.1 Å². The number of fused-ring (bicyclic) bond motifs is 1. The van der Waals surface area contributed by atoms with Crippen LogP contribution in [0.1, 0.15) is 16.1 Å². The van der Waals surface area contributed by atoms with E-state index in [1.165, 1.54) is 0 Å². The van der Waals surface area contributed by atoms with Crippen LogP contribution in [0.5, 0.6) is 5.75 Å². The first-order valence-corrected chi connectivity index (χ1v) is 9.12. The van der Waals surface area contributed by atoms with E-state index >= 15 is 0 Å². The second-order valence-electron chi connectivity index (χ2n) is 6.43. The number of methoxy groups -OCH3 is 1. The maximum absolute atomic E-state index is 12.3. The predicted molar refractivity (Wildman–Crippen MR) is 109 cm³/mol. The highest BCUT2D eigenvalue weighted by molar-refractivity contribution is 5.98. The molecule has 7 heteroatoms. The smallest absolute Gasteiger partial charge is 0.414 e. The van der Waals surface area contributed by atoms with Crippen LogP contribution in [-0.2, 0) is 4.74 Å². The summed E-state index contributed by atoms with van der Waals surface area (Å²) in [5.41, 5.74) is 2.88. The molecule has 3 aromatic rings. The van der Waals surface area contributed by atoms with Gasteiger partial charge in [0.1, 0.15) is 18.1 Å². The van der Waals surface area contributed by atoms with Gasteiger partial charge in [-0.3, -0.25) is 9.69 Å². The first kappa shape index (κ1) is 18.4. The summed E-state index contributed by atoms with van der Waals surface area (Å²) in [5.74, 6) is 6.43. The molecule has 4 rings (SSSR count). The van der Waals surface area contributed by atoms with Gasteiger partial charge in [0.2, 0.25) is 0 Å². The number of carbonyl (C=O) groups excluding carboxylic acids is 2. The molecule has 1 aromatic heterocycles. The molecule has 0 bridgehead atoms. The van der Waals surface area contributed by atoms with Crippen molar-refractivity contribution in [3.63, 3.8) is 0 Å². The number of aromatic nitrogens is 1. The number of nitrogens with zero attached hydrogens (tertiary/aromatic N) is 1. The van der Waals surface area contributed by atoms with Gasteiger partial charge >= 0.3 is 6.09 Å². The minimum absolute atomic E-state index is 0.220. The van der Waals surface area contributed by atoms with Gasteiger partial charge in [-0.1, -0.05) is 11.8 Å². The van der Waals surface area contributed by atoms with Crippen LogP contribution in [-0.4, -0.2) is 43.8 Å². The van der Waals surface area contributed by atoms with Crippen LogP contribution in [0.25, 0.3) is 10.9 Å². The minimum Gasteiger partial charge on any atom is -0.497 e. The number of benzene rings is 2. The average molecular weight is 389 g/mol. The summed E-state index contributed by atoms with van der Waals surface area (Å²) in [7, 11) is 1.60. The highest BCUT2D eigenvalue weighted by Gasteiger charge is 2.23. The molecule has 0 unspecified atom stereocenters. The summed E-state index contributed by atoms with van der Waals surface area (Å²) in [6.45, 7) is 1.18. The van der Waals surface area contributed by atoms with Gasteiger partial charge < -0.3 is 19.8 Å². The summed E-state index contributed by atoms with van der Waals surface area (Å²) in [5, 5.41) is 3.71. The normalized spacial score (nSPS) is 13.0.